The summed E-state index contributed by atoms with van der Waals surface area (Å²) in [6.45, 7) is 0. The lowest BCUT2D eigenvalue weighted by Gasteiger charge is -2.02. The molecule has 0 fully saturated rings. The highest BCUT2D eigenvalue weighted by molar-refractivity contribution is 9.10. The molecule has 1 rings (SSSR count). The van der Waals surface area contributed by atoms with E-state index in [9.17, 15) is 4.91 Å². The standard InChI is InChI=1S/C9H9BrNO3/c1-14-9-3-2-7(6-8(9)10)4-5-11(12)13/h2-6H,1H3,(H,12,13)/q+1/b5-4+. The Morgan fingerprint density at radius 3 is 2.79 bits per heavy atom. The van der Waals surface area contributed by atoms with E-state index in [1.807, 2.05) is 0 Å². The summed E-state index contributed by atoms with van der Waals surface area (Å²) in [4.78, 5) is 9.92. The van der Waals surface area contributed by atoms with Gasteiger partial charge in [0.15, 0.2) is 0 Å². The van der Waals surface area contributed by atoms with Gasteiger partial charge in [-0.1, -0.05) is 6.07 Å². The van der Waals surface area contributed by atoms with E-state index in [0.717, 1.165) is 16.2 Å². The molecule has 0 aliphatic carbocycles. The number of ether oxygens (including phenoxy) is 1. The molecular formula is C9H9BrNO3+. The monoisotopic (exact) mass is 258 g/mol. The van der Waals surface area contributed by atoms with Gasteiger partial charge in [0.1, 0.15) is 5.75 Å². The Labute approximate surface area is 89.5 Å². The van der Waals surface area contributed by atoms with Crippen LogP contribution in [0.3, 0.4) is 0 Å². The molecule has 4 nitrogen and oxygen atoms in total. The molecule has 0 spiro atoms. The van der Waals surface area contributed by atoms with Gasteiger partial charge in [0, 0.05) is 6.08 Å². The lowest BCUT2D eigenvalue weighted by atomic mass is 10.2. The highest BCUT2D eigenvalue weighted by Crippen LogP contribution is 2.25. The molecule has 0 aliphatic rings. The van der Waals surface area contributed by atoms with Crippen molar-refractivity contribution in [2.45, 2.75) is 0 Å². The highest BCUT2D eigenvalue weighted by Gasteiger charge is 2.00. The van der Waals surface area contributed by atoms with Gasteiger partial charge in [-0.15, -0.1) is 0 Å². The topological polar surface area (TPSA) is 49.5 Å². The van der Waals surface area contributed by atoms with E-state index in [-0.39, 0.29) is 4.92 Å². The number of nitrogens with zero attached hydrogens (tertiary/aromatic N) is 1. The molecule has 0 radical (unpaired) electrons. The molecule has 0 bridgehead atoms. The first-order chi connectivity index (χ1) is 6.63. The first-order valence-electron chi connectivity index (χ1n) is 3.80. The second-order valence-corrected chi connectivity index (χ2v) is 3.37. The van der Waals surface area contributed by atoms with Crippen LogP contribution in [0.15, 0.2) is 28.9 Å². The van der Waals surface area contributed by atoms with E-state index in [2.05, 4.69) is 15.9 Å². The zero-order valence-electron chi connectivity index (χ0n) is 7.48. The Bertz CT molecular complexity index is 376. The molecule has 0 atom stereocenters. The summed E-state index contributed by atoms with van der Waals surface area (Å²) < 4.78 is 5.82. The van der Waals surface area contributed by atoms with Crippen LogP contribution in [0, 0.1) is 4.91 Å². The Morgan fingerprint density at radius 1 is 1.57 bits per heavy atom. The number of methoxy groups -OCH3 is 1. The van der Waals surface area contributed by atoms with Gasteiger partial charge in [0.05, 0.1) is 16.5 Å². The van der Waals surface area contributed by atoms with Crippen molar-refractivity contribution in [1.82, 2.24) is 0 Å². The molecule has 1 aromatic rings. The molecule has 0 saturated carbocycles. The smallest absolute Gasteiger partial charge is 0.282 e. The lowest BCUT2D eigenvalue weighted by molar-refractivity contribution is -0.741. The second kappa shape index (κ2) is 4.76. The number of rotatable bonds is 3. The van der Waals surface area contributed by atoms with E-state index < -0.39 is 0 Å². The van der Waals surface area contributed by atoms with Crippen molar-refractivity contribution in [2.24, 2.45) is 0 Å². The summed E-state index contributed by atoms with van der Waals surface area (Å²) in [5.41, 5.74) is 0.785. The zero-order valence-corrected chi connectivity index (χ0v) is 9.06. The van der Waals surface area contributed by atoms with Gasteiger partial charge >= 0.3 is 0 Å². The average molecular weight is 259 g/mol. The largest absolute Gasteiger partial charge is 0.496 e. The number of benzene rings is 1. The van der Waals surface area contributed by atoms with Crippen LogP contribution in [-0.4, -0.2) is 17.2 Å². The van der Waals surface area contributed by atoms with E-state index in [1.165, 1.54) is 6.08 Å². The summed E-state index contributed by atoms with van der Waals surface area (Å²) in [6.07, 6.45) is 2.49. The average Bonchev–Trinajstić information content (AvgIpc) is 2.15. The summed E-state index contributed by atoms with van der Waals surface area (Å²) in [5, 5.41) is 8.34. The van der Waals surface area contributed by atoms with Gasteiger partial charge in [-0.3, -0.25) is 0 Å². The van der Waals surface area contributed by atoms with Crippen molar-refractivity contribution in [3.63, 3.8) is 0 Å². The third kappa shape index (κ3) is 2.85. The van der Waals surface area contributed by atoms with Gasteiger partial charge in [-0.25, -0.2) is 5.21 Å². The number of hydrogen-bond donors (Lipinski definition) is 1. The molecule has 0 aliphatic heterocycles. The number of hydrogen-bond acceptors (Lipinski definition) is 2. The Kier molecular flexibility index (Phi) is 3.64. The molecule has 5 heteroatoms. The minimum atomic E-state index is -0.252. The summed E-state index contributed by atoms with van der Waals surface area (Å²) in [5.74, 6) is 0.713. The maximum atomic E-state index is 10.2. The normalized spacial score (nSPS) is 10.4. The van der Waals surface area contributed by atoms with E-state index in [1.54, 1.807) is 25.3 Å². The predicted molar refractivity (Wildman–Crippen MR) is 55.1 cm³/mol. The maximum absolute atomic E-state index is 10.2. The molecule has 14 heavy (non-hydrogen) atoms. The molecule has 0 amide bonds. The molecule has 0 saturated heterocycles. The Balaban J connectivity index is 2.91. The van der Waals surface area contributed by atoms with Crippen LogP contribution >= 0.6 is 15.9 Å². The van der Waals surface area contributed by atoms with Crippen LogP contribution in [0.2, 0.25) is 0 Å². The van der Waals surface area contributed by atoms with Gasteiger partial charge in [-0.2, -0.15) is 0 Å². The minimum absolute atomic E-state index is 0.252. The van der Waals surface area contributed by atoms with Crippen LogP contribution in [0.4, 0.5) is 0 Å². The van der Waals surface area contributed by atoms with Crippen LogP contribution < -0.4 is 4.74 Å². The van der Waals surface area contributed by atoms with Gasteiger partial charge in [-0.05, 0) is 33.6 Å². The van der Waals surface area contributed by atoms with Gasteiger partial charge in [0.2, 0.25) is 4.92 Å². The van der Waals surface area contributed by atoms with Crippen molar-refractivity contribution >= 4 is 22.0 Å². The fourth-order valence-electron chi connectivity index (χ4n) is 0.936. The molecule has 0 heterocycles. The fourth-order valence-corrected chi connectivity index (χ4v) is 1.49. The Hall–Kier alpha value is -1.36. The summed E-state index contributed by atoms with van der Waals surface area (Å²) in [6, 6.07) is 5.30. The van der Waals surface area contributed by atoms with Crippen molar-refractivity contribution in [3.8, 4) is 5.75 Å². The Morgan fingerprint density at radius 2 is 2.29 bits per heavy atom. The van der Waals surface area contributed by atoms with Gasteiger partial charge in [0.25, 0.3) is 6.20 Å². The van der Waals surface area contributed by atoms with E-state index in [4.69, 9.17) is 9.94 Å². The summed E-state index contributed by atoms with van der Waals surface area (Å²) >= 11 is 3.30. The van der Waals surface area contributed by atoms with E-state index >= 15 is 0 Å². The van der Waals surface area contributed by atoms with Crippen molar-refractivity contribution in [2.75, 3.05) is 7.11 Å². The molecule has 0 aromatic heterocycles. The molecule has 1 N–H and O–H groups in total. The third-order valence-electron chi connectivity index (χ3n) is 1.57. The van der Waals surface area contributed by atoms with Gasteiger partial charge < -0.3 is 4.74 Å². The molecular weight excluding hydrogens is 250 g/mol. The van der Waals surface area contributed by atoms with Crippen molar-refractivity contribution in [1.29, 1.82) is 0 Å². The van der Waals surface area contributed by atoms with Crippen LogP contribution in [0.25, 0.3) is 6.08 Å². The second-order valence-electron chi connectivity index (χ2n) is 2.51. The lowest BCUT2D eigenvalue weighted by Crippen LogP contribution is -1.88. The van der Waals surface area contributed by atoms with E-state index in [0.29, 0.717) is 5.75 Å². The molecule has 1 aromatic carbocycles. The van der Waals surface area contributed by atoms with Crippen LogP contribution in [-0.2, 0) is 0 Å². The van der Waals surface area contributed by atoms with Crippen LogP contribution in [0.5, 0.6) is 5.75 Å². The minimum Gasteiger partial charge on any atom is -0.496 e. The van der Waals surface area contributed by atoms with Crippen molar-refractivity contribution < 1.29 is 14.9 Å². The quantitative estimate of drug-likeness (QED) is 0.849. The summed E-state index contributed by atoms with van der Waals surface area (Å²) in [7, 11) is 1.57. The molecule has 74 valence electrons. The zero-order chi connectivity index (χ0) is 10.6. The van der Waals surface area contributed by atoms with Crippen molar-refractivity contribution in [3.05, 3.63) is 39.3 Å². The predicted octanol–water partition coefficient (Wildman–Crippen LogP) is 2.60. The fraction of sp³-hybridized carbons (Fsp3) is 0.111. The first kappa shape index (κ1) is 10.7. The first-order valence-corrected chi connectivity index (χ1v) is 4.60. The maximum Gasteiger partial charge on any atom is 0.282 e. The third-order valence-corrected chi connectivity index (χ3v) is 2.19. The molecule has 0 unspecified atom stereocenters. The number of halogens is 1. The highest BCUT2D eigenvalue weighted by atomic mass is 79.9. The SMILES string of the molecule is COc1ccc(/C=C/[N+](=O)O)cc1Br. The van der Waals surface area contributed by atoms with Crippen LogP contribution in [0.1, 0.15) is 5.56 Å².